The Morgan fingerprint density at radius 1 is 1.32 bits per heavy atom. The molecule has 0 N–H and O–H groups in total. The van der Waals surface area contributed by atoms with Gasteiger partial charge in [0.15, 0.2) is 0 Å². The Labute approximate surface area is 130 Å². The first-order valence-electron chi connectivity index (χ1n) is 6.73. The van der Waals surface area contributed by atoms with E-state index in [1.54, 1.807) is 6.21 Å². The summed E-state index contributed by atoms with van der Waals surface area (Å²) in [5, 5.41) is -0.539. The topological polar surface area (TPSA) is 32.7 Å². The summed E-state index contributed by atoms with van der Waals surface area (Å²) >= 11 is 5.81. The van der Waals surface area contributed by atoms with Crippen LogP contribution in [-0.4, -0.2) is 36.7 Å². The third-order valence-electron chi connectivity index (χ3n) is 3.84. The van der Waals surface area contributed by atoms with Gasteiger partial charge in [-0.1, -0.05) is 17.7 Å². The zero-order chi connectivity index (χ0) is 15.9. The minimum absolute atomic E-state index is 0.112. The van der Waals surface area contributed by atoms with Gasteiger partial charge in [0.25, 0.3) is 5.91 Å². The average molecular weight is 329 g/mol. The Bertz CT molecular complexity index is 695. The first-order chi connectivity index (χ1) is 10.4. The van der Waals surface area contributed by atoms with Gasteiger partial charge in [-0.2, -0.15) is 13.2 Å². The maximum Gasteiger partial charge on any atom is 0.417 e. The SMILES string of the molecule is O=C(c1cccc(C(F)(F)F)c1Cl)N1CCC2=C(CN=C2)C1. The van der Waals surface area contributed by atoms with E-state index in [4.69, 9.17) is 11.6 Å². The van der Waals surface area contributed by atoms with Gasteiger partial charge in [-0.15, -0.1) is 0 Å². The van der Waals surface area contributed by atoms with Gasteiger partial charge in [0.05, 0.1) is 22.7 Å². The van der Waals surface area contributed by atoms with Crippen LogP contribution in [0.2, 0.25) is 5.02 Å². The van der Waals surface area contributed by atoms with E-state index in [2.05, 4.69) is 4.99 Å². The summed E-state index contributed by atoms with van der Waals surface area (Å²) in [6, 6.07) is 3.41. The normalized spacial score (nSPS) is 17.9. The Balaban J connectivity index is 1.88. The molecule has 2 aliphatic rings. The molecule has 22 heavy (non-hydrogen) atoms. The third kappa shape index (κ3) is 2.63. The second kappa shape index (κ2) is 5.43. The van der Waals surface area contributed by atoms with Crippen molar-refractivity contribution >= 4 is 23.7 Å². The van der Waals surface area contributed by atoms with Crippen LogP contribution in [0.15, 0.2) is 34.3 Å². The van der Waals surface area contributed by atoms with Crippen LogP contribution in [0, 0.1) is 0 Å². The van der Waals surface area contributed by atoms with Crippen molar-refractivity contribution in [3.63, 3.8) is 0 Å². The van der Waals surface area contributed by atoms with Gasteiger partial charge < -0.3 is 4.90 Å². The number of amides is 1. The molecular formula is C15H12ClF3N2O. The summed E-state index contributed by atoms with van der Waals surface area (Å²) in [5.74, 6) is -0.477. The molecule has 3 nitrogen and oxygen atoms in total. The maximum absolute atomic E-state index is 12.9. The standard InChI is InChI=1S/C15H12ClF3N2O/c16-13-11(2-1-3-12(13)15(17,18)19)14(22)21-5-4-9-6-20-7-10(9)8-21/h1-3,6H,4-5,7-8H2. The minimum Gasteiger partial charge on any atom is -0.334 e. The molecule has 0 fully saturated rings. The molecule has 7 heteroatoms. The molecule has 2 aliphatic heterocycles. The second-order valence-corrected chi connectivity index (χ2v) is 5.62. The second-order valence-electron chi connectivity index (χ2n) is 5.24. The van der Waals surface area contributed by atoms with Crippen LogP contribution in [0.5, 0.6) is 0 Å². The lowest BCUT2D eigenvalue weighted by atomic mass is 10.0. The van der Waals surface area contributed by atoms with E-state index in [0.717, 1.165) is 17.2 Å². The van der Waals surface area contributed by atoms with E-state index in [1.807, 2.05) is 0 Å². The average Bonchev–Trinajstić information content (AvgIpc) is 2.93. The summed E-state index contributed by atoms with van der Waals surface area (Å²) in [6.45, 7) is 1.40. The van der Waals surface area contributed by atoms with E-state index < -0.39 is 22.7 Å². The Hall–Kier alpha value is -1.82. The molecule has 1 aromatic carbocycles. The van der Waals surface area contributed by atoms with Crippen molar-refractivity contribution in [2.75, 3.05) is 19.6 Å². The van der Waals surface area contributed by atoms with Crippen molar-refractivity contribution in [1.29, 1.82) is 0 Å². The lowest BCUT2D eigenvalue weighted by Gasteiger charge is -2.28. The molecule has 0 aliphatic carbocycles. The van der Waals surface area contributed by atoms with Crippen LogP contribution >= 0.6 is 11.6 Å². The van der Waals surface area contributed by atoms with Crippen LogP contribution < -0.4 is 0 Å². The smallest absolute Gasteiger partial charge is 0.334 e. The van der Waals surface area contributed by atoms with Crippen LogP contribution in [0.3, 0.4) is 0 Å². The molecule has 2 heterocycles. The fraction of sp³-hybridized carbons (Fsp3) is 0.333. The number of halogens is 4. The zero-order valence-corrected chi connectivity index (χ0v) is 12.2. The number of nitrogens with zero attached hydrogens (tertiary/aromatic N) is 2. The predicted octanol–water partition coefficient (Wildman–Crippen LogP) is 3.59. The van der Waals surface area contributed by atoms with E-state index in [-0.39, 0.29) is 5.56 Å². The highest BCUT2D eigenvalue weighted by Crippen LogP contribution is 2.36. The number of alkyl halides is 3. The van der Waals surface area contributed by atoms with Gasteiger partial charge >= 0.3 is 6.18 Å². The molecule has 0 spiro atoms. The number of aliphatic imine (C=N–C) groups is 1. The third-order valence-corrected chi connectivity index (χ3v) is 4.25. The number of hydrogen-bond acceptors (Lipinski definition) is 2. The summed E-state index contributed by atoms with van der Waals surface area (Å²) < 4.78 is 38.6. The van der Waals surface area contributed by atoms with Crippen LogP contribution in [0.4, 0.5) is 13.2 Å². The number of benzene rings is 1. The first kappa shape index (κ1) is 15.1. The number of rotatable bonds is 1. The van der Waals surface area contributed by atoms with Gasteiger partial charge in [0.1, 0.15) is 0 Å². The molecule has 0 atom stereocenters. The minimum atomic E-state index is -4.58. The Morgan fingerprint density at radius 2 is 2.09 bits per heavy atom. The summed E-state index contributed by atoms with van der Waals surface area (Å²) in [5.41, 5.74) is 1.07. The quantitative estimate of drug-likeness (QED) is 0.775. The fourth-order valence-corrected chi connectivity index (χ4v) is 2.99. The molecule has 3 rings (SSSR count). The van der Waals surface area contributed by atoms with Gasteiger partial charge in [0, 0.05) is 19.3 Å². The van der Waals surface area contributed by atoms with Crippen molar-refractivity contribution < 1.29 is 18.0 Å². The largest absolute Gasteiger partial charge is 0.417 e. The lowest BCUT2D eigenvalue weighted by molar-refractivity contribution is -0.137. The summed E-state index contributed by atoms with van der Waals surface area (Å²) in [6.07, 6.45) is -2.11. The van der Waals surface area contributed by atoms with Crippen molar-refractivity contribution in [2.24, 2.45) is 4.99 Å². The van der Waals surface area contributed by atoms with Gasteiger partial charge in [-0.3, -0.25) is 9.79 Å². The summed E-state index contributed by atoms with van der Waals surface area (Å²) in [7, 11) is 0. The molecule has 116 valence electrons. The highest BCUT2D eigenvalue weighted by atomic mass is 35.5. The Kier molecular flexibility index (Phi) is 3.72. The van der Waals surface area contributed by atoms with Crippen LogP contribution in [-0.2, 0) is 6.18 Å². The van der Waals surface area contributed by atoms with Crippen LogP contribution in [0.1, 0.15) is 22.3 Å². The molecular weight excluding hydrogens is 317 g/mol. The van der Waals surface area contributed by atoms with E-state index in [9.17, 15) is 18.0 Å². The number of carbonyl (C=O) groups excluding carboxylic acids is 1. The van der Waals surface area contributed by atoms with Crippen molar-refractivity contribution in [3.8, 4) is 0 Å². The molecule has 0 aromatic heterocycles. The number of hydrogen-bond donors (Lipinski definition) is 0. The van der Waals surface area contributed by atoms with Crippen molar-refractivity contribution in [2.45, 2.75) is 12.6 Å². The van der Waals surface area contributed by atoms with Gasteiger partial charge in [-0.25, -0.2) is 0 Å². The summed E-state index contributed by atoms with van der Waals surface area (Å²) in [4.78, 5) is 18.2. The Morgan fingerprint density at radius 3 is 2.82 bits per heavy atom. The van der Waals surface area contributed by atoms with Crippen molar-refractivity contribution in [1.82, 2.24) is 4.90 Å². The van der Waals surface area contributed by atoms with Gasteiger partial charge in [0.2, 0.25) is 0 Å². The molecule has 0 saturated heterocycles. The maximum atomic E-state index is 12.9. The molecule has 0 saturated carbocycles. The van der Waals surface area contributed by atoms with Gasteiger partial charge in [-0.05, 0) is 29.7 Å². The highest BCUT2D eigenvalue weighted by Gasteiger charge is 2.35. The fourth-order valence-electron chi connectivity index (χ4n) is 2.68. The highest BCUT2D eigenvalue weighted by molar-refractivity contribution is 6.34. The zero-order valence-electron chi connectivity index (χ0n) is 11.5. The first-order valence-corrected chi connectivity index (χ1v) is 7.11. The van der Waals surface area contributed by atoms with E-state index in [0.29, 0.717) is 26.1 Å². The molecule has 0 unspecified atom stereocenters. The molecule has 1 aromatic rings. The molecule has 0 bridgehead atoms. The predicted molar refractivity (Wildman–Crippen MR) is 77.4 cm³/mol. The molecule has 1 amide bonds. The monoisotopic (exact) mass is 328 g/mol. The van der Waals surface area contributed by atoms with E-state index >= 15 is 0 Å². The number of carbonyl (C=O) groups is 1. The van der Waals surface area contributed by atoms with E-state index in [1.165, 1.54) is 17.0 Å². The lowest BCUT2D eigenvalue weighted by Crippen LogP contribution is -2.37. The van der Waals surface area contributed by atoms with Crippen molar-refractivity contribution in [3.05, 3.63) is 45.5 Å². The molecule has 0 radical (unpaired) electrons. The van der Waals surface area contributed by atoms with Crippen LogP contribution in [0.25, 0.3) is 0 Å².